The van der Waals surface area contributed by atoms with Gasteiger partial charge in [0.05, 0.1) is 17.6 Å². The molecule has 2 fully saturated rings. The molecule has 1 aliphatic heterocycles. The van der Waals surface area contributed by atoms with Crippen LogP contribution in [0.1, 0.15) is 26.2 Å². The average molecular weight is 228 g/mol. The van der Waals surface area contributed by atoms with Crippen molar-refractivity contribution in [1.82, 2.24) is 4.90 Å². The normalized spacial score (nSPS) is 44.0. The summed E-state index contributed by atoms with van der Waals surface area (Å²) in [5, 5.41) is 18.9. The van der Waals surface area contributed by atoms with Crippen LogP contribution in [0.4, 0.5) is 0 Å². The fourth-order valence-corrected chi connectivity index (χ4v) is 2.76. The van der Waals surface area contributed by atoms with Crippen molar-refractivity contribution in [2.24, 2.45) is 11.1 Å². The molecule has 5 heteroatoms. The van der Waals surface area contributed by atoms with E-state index >= 15 is 0 Å². The van der Waals surface area contributed by atoms with Gasteiger partial charge in [-0.25, -0.2) is 0 Å². The van der Waals surface area contributed by atoms with E-state index in [4.69, 9.17) is 5.73 Å². The average Bonchev–Trinajstić information content (AvgIpc) is 2.73. The fraction of sp³-hybridized carbons (Fsp3) is 0.909. The zero-order valence-corrected chi connectivity index (χ0v) is 9.59. The summed E-state index contributed by atoms with van der Waals surface area (Å²) in [6, 6.07) is -0.102. The molecule has 4 N–H and O–H groups in total. The molecule has 0 spiro atoms. The van der Waals surface area contributed by atoms with Crippen molar-refractivity contribution in [2.45, 2.75) is 44.4 Å². The molecule has 0 radical (unpaired) electrons. The predicted octanol–water partition coefficient (Wildman–Crippen LogP) is -0.932. The second-order valence-electron chi connectivity index (χ2n) is 5.26. The molecule has 16 heavy (non-hydrogen) atoms. The van der Waals surface area contributed by atoms with Crippen LogP contribution in [0, 0.1) is 5.41 Å². The lowest BCUT2D eigenvalue weighted by molar-refractivity contribution is -0.141. The SMILES string of the molecule is CC1(C(=O)N2CC(O)C(O)C2)CCCC1N. The number of likely N-dealkylation sites (tertiary alicyclic amines) is 1. The molecule has 1 aliphatic carbocycles. The van der Waals surface area contributed by atoms with E-state index in [1.807, 2.05) is 6.92 Å². The lowest BCUT2D eigenvalue weighted by atomic mass is 9.83. The molecular weight excluding hydrogens is 208 g/mol. The largest absolute Gasteiger partial charge is 0.388 e. The van der Waals surface area contributed by atoms with Gasteiger partial charge in [0.2, 0.25) is 5.91 Å². The lowest BCUT2D eigenvalue weighted by Gasteiger charge is -2.32. The number of carbonyl (C=O) groups excluding carboxylic acids is 1. The summed E-state index contributed by atoms with van der Waals surface area (Å²) in [7, 11) is 0. The zero-order valence-electron chi connectivity index (χ0n) is 9.59. The number of aliphatic hydroxyl groups is 2. The summed E-state index contributed by atoms with van der Waals surface area (Å²) in [6.07, 6.45) is 1.02. The monoisotopic (exact) mass is 228 g/mol. The zero-order chi connectivity index (χ0) is 11.9. The third-order valence-electron chi connectivity index (χ3n) is 4.06. The van der Waals surface area contributed by atoms with Crippen LogP contribution < -0.4 is 5.73 Å². The van der Waals surface area contributed by atoms with Crippen LogP contribution in [0.25, 0.3) is 0 Å². The maximum absolute atomic E-state index is 12.3. The Morgan fingerprint density at radius 1 is 1.38 bits per heavy atom. The molecule has 2 rings (SSSR count). The van der Waals surface area contributed by atoms with Gasteiger partial charge in [-0.2, -0.15) is 0 Å². The molecule has 0 bridgehead atoms. The van der Waals surface area contributed by atoms with Gasteiger partial charge in [0.25, 0.3) is 0 Å². The van der Waals surface area contributed by atoms with Crippen LogP contribution in [0.15, 0.2) is 0 Å². The van der Waals surface area contributed by atoms with Crippen LogP contribution in [0.5, 0.6) is 0 Å². The Hall–Kier alpha value is -0.650. The molecule has 1 amide bonds. The molecule has 0 aromatic heterocycles. The van der Waals surface area contributed by atoms with E-state index in [2.05, 4.69) is 0 Å². The number of hydrogen-bond donors (Lipinski definition) is 3. The Kier molecular flexibility index (Phi) is 2.94. The summed E-state index contributed by atoms with van der Waals surface area (Å²) in [5.74, 6) is -0.0203. The topological polar surface area (TPSA) is 86.8 Å². The number of rotatable bonds is 1. The van der Waals surface area contributed by atoms with Crippen LogP contribution in [-0.4, -0.2) is 52.4 Å². The van der Waals surface area contributed by atoms with Crippen molar-refractivity contribution in [2.75, 3.05) is 13.1 Å². The molecule has 0 aromatic carbocycles. The number of amides is 1. The molecule has 5 nitrogen and oxygen atoms in total. The molecular formula is C11H20N2O3. The third-order valence-corrected chi connectivity index (χ3v) is 4.06. The molecule has 1 heterocycles. The first-order valence-corrected chi connectivity index (χ1v) is 5.86. The number of β-amino-alcohol motifs (C(OH)–C–C–N with tert-alkyl or cyclic N) is 2. The Balaban J connectivity index is 2.08. The first-order chi connectivity index (χ1) is 7.45. The van der Waals surface area contributed by atoms with Gasteiger partial charge in [-0.15, -0.1) is 0 Å². The van der Waals surface area contributed by atoms with Crippen molar-refractivity contribution in [3.8, 4) is 0 Å². The second-order valence-corrected chi connectivity index (χ2v) is 5.26. The summed E-state index contributed by atoms with van der Waals surface area (Å²) < 4.78 is 0. The number of nitrogens with two attached hydrogens (primary N) is 1. The first kappa shape index (κ1) is 11.8. The highest BCUT2D eigenvalue weighted by Gasteiger charge is 2.47. The highest BCUT2D eigenvalue weighted by atomic mass is 16.3. The van der Waals surface area contributed by atoms with Gasteiger partial charge in [-0.1, -0.05) is 6.42 Å². The molecule has 92 valence electrons. The van der Waals surface area contributed by atoms with Crippen LogP contribution >= 0.6 is 0 Å². The van der Waals surface area contributed by atoms with Crippen molar-refractivity contribution in [1.29, 1.82) is 0 Å². The van der Waals surface area contributed by atoms with E-state index in [1.54, 1.807) is 4.90 Å². The minimum absolute atomic E-state index is 0.0203. The van der Waals surface area contributed by atoms with Crippen molar-refractivity contribution >= 4 is 5.91 Å². The van der Waals surface area contributed by atoms with Crippen LogP contribution in [0.3, 0.4) is 0 Å². The Morgan fingerprint density at radius 3 is 2.38 bits per heavy atom. The predicted molar refractivity (Wildman–Crippen MR) is 58.5 cm³/mol. The summed E-state index contributed by atoms with van der Waals surface area (Å²) in [4.78, 5) is 13.8. The van der Waals surface area contributed by atoms with E-state index in [0.29, 0.717) is 0 Å². The molecule has 4 unspecified atom stereocenters. The van der Waals surface area contributed by atoms with Crippen LogP contribution in [-0.2, 0) is 4.79 Å². The fourth-order valence-electron chi connectivity index (χ4n) is 2.76. The summed E-state index contributed by atoms with van der Waals surface area (Å²) >= 11 is 0. The van der Waals surface area contributed by atoms with Gasteiger partial charge in [0, 0.05) is 19.1 Å². The second kappa shape index (κ2) is 3.98. The minimum atomic E-state index is -0.815. The van der Waals surface area contributed by atoms with E-state index in [0.717, 1.165) is 19.3 Å². The maximum atomic E-state index is 12.3. The highest BCUT2D eigenvalue weighted by Crippen LogP contribution is 2.39. The number of hydrogen-bond acceptors (Lipinski definition) is 4. The van der Waals surface area contributed by atoms with Crippen molar-refractivity contribution < 1.29 is 15.0 Å². The standard InChI is InChI=1S/C11H20N2O3/c1-11(4-2-3-9(11)12)10(16)13-5-7(14)8(15)6-13/h7-9,14-15H,2-6,12H2,1H3. The first-order valence-electron chi connectivity index (χ1n) is 5.86. The quantitative estimate of drug-likeness (QED) is 0.541. The number of nitrogens with zero attached hydrogens (tertiary/aromatic N) is 1. The lowest BCUT2D eigenvalue weighted by Crippen LogP contribution is -2.48. The van der Waals surface area contributed by atoms with Crippen molar-refractivity contribution in [3.05, 3.63) is 0 Å². The smallest absolute Gasteiger partial charge is 0.230 e. The van der Waals surface area contributed by atoms with Crippen LogP contribution in [0.2, 0.25) is 0 Å². The van der Waals surface area contributed by atoms with E-state index < -0.39 is 17.6 Å². The van der Waals surface area contributed by atoms with Gasteiger partial charge in [0.1, 0.15) is 0 Å². The number of carbonyl (C=O) groups is 1. The van der Waals surface area contributed by atoms with Gasteiger partial charge in [-0.05, 0) is 19.8 Å². The molecule has 1 saturated carbocycles. The van der Waals surface area contributed by atoms with Gasteiger partial charge in [0.15, 0.2) is 0 Å². The Bertz CT molecular complexity index is 287. The minimum Gasteiger partial charge on any atom is -0.388 e. The van der Waals surface area contributed by atoms with E-state index in [1.165, 1.54) is 0 Å². The Morgan fingerprint density at radius 2 is 1.94 bits per heavy atom. The molecule has 1 saturated heterocycles. The Labute approximate surface area is 95.2 Å². The molecule has 4 atom stereocenters. The molecule has 2 aliphatic rings. The third kappa shape index (κ3) is 1.73. The highest BCUT2D eigenvalue weighted by molar-refractivity contribution is 5.84. The van der Waals surface area contributed by atoms with Crippen molar-refractivity contribution in [3.63, 3.8) is 0 Å². The van der Waals surface area contributed by atoms with E-state index in [9.17, 15) is 15.0 Å². The molecule has 0 aromatic rings. The summed E-state index contributed by atoms with van der Waals surface area (Å²) in [6.45, 7) is 2.34. The summed E-state index contributed by atoms with van der Waals surface area (Å²) in [5.41, 5.74) is 5.47. The number of aliphatic hydroxyl groups excluding tert-OH is 2. The van der Waals surface area contributed by atoms with Gasteiger partial charge in [-0.3, -0.25) is 4.79 Å². The maximum Gasteiger partial charge on any atom is 0.230 e. The van der Waals surface area contributed by atoms with Gasteiger partial charge < -0.3 is 20.8 Å². The van der Waals surface area contributed by atoms with Gasteiger partial charge >= 0.3 is 0 Å². The van der Waals surface area contributed by atoms with E-state index in [-0.39, 0.29) is 25.0 Å².